The zero-order valence-electron chi connectivity index (χ0n) is 14.4. The third-order valence-electron chi connectivity index (χ3n) is 4.27. The lowest BCUT2D eigenvalue weighted by Crippen LogP contribution is -2.61. The van der Waals surface area contributed by atoms with Crippen LogP contribution in [-0.4, -0.2) is 79.0 Å². The number of likely N-dealkylation sites (tertiary alicyclic amines) is 1. The van der Waals surface area contributed by atoms with Crippen molar-refractivity contribution in [1.29, 1.82) is 0 Å². The molecule has 0 radical (unpaired) electrons. The van der Waals surface area contributed by atoms with Gasteiger partial charge in [0.2, 0.25) is 0 Å². The first-order chi connectivity index (χ1) is 9.81. The molecule has 0 aliphatic carbocycles. The molecule has 2 fully saturated rings. The van der Waals surface area contributed by atoms with Gasteiger partial charge in [-0.25, -0.2) is 8.78 Å². The largest absolute Gasteiger partial charge is 0.300 e. The third kappa shape index (κ3) is 5.46. The van der Waals surface area contributed by atoms with Crippen LogP contribution >= 0.6 is 0 Å². The van der Waals surface area contributed by atoms with Crippen molar-refractivity contribution in [3.63, 3.8) is 0 Å². The molecule has 126 valence electrons. The van der Waals surface area contributed by atoms with Gasteiger partial charge in [0.1, 0.15) is 0 Å². The molecular formula is C16H33F2N3. The Labute approximate surface area is 129 Å². The Hall–Kier alpha value is -0.260. The van der Waals surface area contributed by atoms with Gasteiger partial charge in [-0.3, -0.25) is 9.80 Å². The van der Waals surface area contributed by atoms with Crippen LogP contribution in [0.1, 0.15) is 40.5 Å². The molecular weight excluding hydrogens is 272 g/mol. The van der Waals surface area contributed by atoms with Gasteiger partial charge in [0, 0.05) is 32.2 Å². The van der Waals surface area contributed by atoms with Crippen LogP contribution in [-0.2, 0) is 0 Å². The predicted molar refractivity (Wildman–Crippen MR) is 85.1 cm³/mol. The first-order valence-corrected chi connectivity index (χ1v) is 8.36. The third-order valence-corrected chi connectivity index (χ3v) is 4.27. The van der Waals surface area contributed by atoms with Crippen LogP contribution in [0.2, 0.25) is 0 Å². The zero-order chi connectivity index (χ0) is 16.0. The topological polar surface area (TPSA) is 9.72 Å². The lowest BCUT2D eigenvalue weighted by atomic mass is 9.98. The summed E-state index contributed by atoms with van der Waals surface area (Å²) in [6.07, 6.45) is 1.84. The molecule has 0 aromatic heterocycles. The number of piperidine rings is 1. The van der Waals surface area contributed by atoms with Gasteiger partial charge in [-0.05, 0) is 33.9 Å². The Morgan fingerprint density at radius 1 is 1.05 bits per heavy atom. The highest BCUT2D eigenvalue weighted by Gasteiger charge is 2.46. The number of halogens is 2. The fourth-order valence-corrected chi connectivity index (χ4v) is 3.11. The highest BCUT2D eigenvalue weighted by molar-refractivity contribution is 4.94. The minimum atomic E-state index is -2.56. The molecule has 0 N–H and O–H groups in total. The number of piperazine rings is 1. The van der Waals surface area contributed by atoms with E-state index in [4.69, 9.17) is 0 Å². The van der Waals surface area contributed by atoms with Gasteiger partial charge in [-0.1, -0.05) is 20.3 Å². The lowest BCUT2D eigenvalue weighted by molar-refractivity contribution is -0.130. The lowest BCUT2D eigenvalue weighted by Gasteiger charge is -2.46. The van der Waals surface area contributed by atoms with Gasteiger partial charge < -0.3 is 4.90 Å². The molecule has 0 bridgehead atoms. The van der Waals surface area contributed by atoms with Gasteiger partial charge in [-0.2, -0.15) is 0 Å². The monoisotopic (exact) mass is 305 g/mol. The van der Waals surface area contributed by atoms with E-state index >= 15 is 0 Å². The molecule has 1 unspecified atom stereocenters. The summed E-state index contributed by atoms with van der Waals surface area (Å²) in [6, 6.07) is -0.0341. The van der Waals surface area contributed by atoms with Crippen molar-refractivity contribution in [2.24, 2.45) is 0 Å². The van der Waals surface area contributed by atoms with E-state index in [0.29, 0.717) is 12.5 Å². The van der Waals surface area contributed by atoms with Crippen molar-refractivity contribution < 1.29 is 8.78 Å². The summed E-state index contributed by atoms with van der Waals surface area (Å²) in [5.74, 6) is -2.56. The first kappa shape index (κ1) is 18.8. The molecule has 0 saturated carbocycles. The molecule has 21 heavy (non-hydrogen) atoms. The van der Waals surface area contributed by atoms with Crippen LogP contribution in [0.5, 0.6) is 0 Å². The molecule has 0 spiro atoms. The Balaban J connectivity index is 0.000000677. The fraction of sp³-hybridized carbons (Fsp3) is 1.00. The van der Waals surface area contributed by atoms with Crippen LogP contribution in [0.15, 0.2) is 0 Å². The Bertz CT molecular complexity index is 289. The van der Waals surface area contributed by atoms with Gasteiger partial charge in [0.15, 0.2) is 0 Å². The molecule has 1 atom stereocenters. The molecule has 2 aliphatic heterocycles. The maximum atomic E-state index is 14.1. The Morgan fingerprint density at radius 2 is 1.57 bits per heavy atom. The number of alkyl halides is 2. The highest BCUT2D eigenvalue weighted by Crippen LogP contribution is 2.31. The second-order valence-corrected chi connectivity index (χ2v) is 6.68. The average Bonchev–Trinajstić information content (AvgIpc) is 2.38. The molecule has 0 aromatic rings. The normalized spacial score (nSPS) is 28.3. The molecule has 0 aromatic carbocycles. The Morgan fingerprint density at radius 3 is 2.00 bits per heavy atom. The van der Waals surface area contributed by atoms with Crippen molar-refractivity contribution in [1.82, 2.24) is 14.7 Å². The average molecular weight is 305 g/mol. The number of hydrogen-bond donors (Lipinski definition) is 0. The second kappa shape index (κ2) is 8.39. The van der Waals surface area contributed by atoms with Crippen LogP contribution < -0.4 is 0 Å². The van der Waals surface area contributed by atoms with Crippen molar-refractivity contribution in [2.75, 3.05) is 46.3 Å². The predicted octanol–water partition coefficient (Wildman–Crippen LogP) is 2.77. The maximum absolute atomic E-state index is 14.1. The van der Waals surface area contributed by atoms with E-state index in [1.807, 2.05) is 4.90 Å². The molecule has 3 nitrogen and oxygen atoms in total. The minimum Gasteiger partial charge on any atom is -0.300 e. The van der Waals surface area contributed by atoms with Crippen LogP contribution in [0.25, 0.3) is 0 Å². The van der Waals surface area contributed by atoms with E-state index in [1.165, 1.54) is 6.42 Å². The second-order valence-electron chi connectivity index (χ2n) is 6.68. The van der Waals surface area contributed by atoms with Crippen molar-refractivity contribution in [2.45, 2.75) is 58.5 Å². The summed E-state index contributed by atoms with van der Waals surface area (Å²) in [5.41, 5.74) is 0. The van der Waals surface area contributed by atoms with Gasteiger partial charge in [0.25, 0.3) is 5.92 Å². The fourth-order valence-electron chi connectivity index (χ4n) is 3.11. The van der Waals surface area contributed by atoms with Crippen molar-refractivity contribution in [3.05, 3.63) is 0 Å². The smallest absolute Gasteiger partial charge is 0.275 e. The summed E-state index contributed by atoms with van der Waals surface area (Å²) in [6.45, 7) is 12.7. The van der Waals surface area contributed by atoms with E-state index in [9.17, 15) is 8.78 Å². The molecule has 2 rings (SSSR count). The van der Waals surface area contributed by atoms with Crippen LogP contribution in [0.4, 0.5) is 8.78 Å². The molecule has 5 heteroatoms. The minimum absolute atomic E-state index is 0.0952. The summed E-state index contributed by atoms with van der Waals surface area (Å²) >= 11 is 0. The van der Waals surface area contributed by atoms with Crippen LogP contribution in [0.3, 0.4) is 0 Å². The summed E-state index contributed by atoms with van der Waals surface area (Å²) in [4.78, 5) is 6.11. The van der Waals surface area contributed by atoms with Crippen molar-refractivity contribution >= 4 is 0 Å². The zero-order valence-corrected chi connectivity index (χ0v) is 14.4. The summed E-state index contributed by atoms with van der Waals surface area (Å²) < 4.78 is 28.1. The number of hydrogen-bond acceptors (Lipinski definition) is 3. The number of rotatable bonds is 2. The van der Waals surface area contributed by atoms with E-state index in [2.05, 4.69) is 32.6 Å². The van der Waals surface area contributed by atoms with E-state index in [-0.39, 0.29) is 6.54 Å². The quantitative estimate of drug-likeness (QED) is 0.777. The van der Waals surface area contributed by atoms with Gasteiger partial charge in [0.05, 0.1) is 12.6 Å². The van der Waals surface area contributed by atoms with Gasteiger partial charge >= 0.3 is 0 Å². The SMILES string of the molecule is CC(C)N1CCN(C2CCN(C)CC2(F)F)CC1.CCC. The standard InChI is InChI=1S/C13H25F2N3.C3H8/c1-11(2)17-6-8-18(9-7-17)12-4-5-16(3)10-13(12,14)15;1-3-2/h11-12H,4-10H2,1-3H3;3H2,1-2H3. The molecule has 2 heterocycles. The van der Waals surface area contributed by atoms with Crippen LogP contribution in [0, 0.1) is 0 Å². The molecule has 2 aliphatic rings. The Kier molecular flexibility index (Phi) is 7.51. The molecule has 2 saturated heterocycles. The van der Waals surface area contributed by atoms with E-state index in [0.717, 1.165) is 32.7 Å². The summed E-state index contributed by atoms with van der Waals surface area (Å²) in [5, 5.41) is 0. The summed E-state index contributed by atoms with van der Waals surface area (Å²) in [7, 11) is 1.78. The number of nitrogens with zero attached hydrogens (tertiary/aromatic N) is 3. The highest BCUT2D eigenvalue weighted by atomic mass is 19.3. The van der Waals surface area contributed by atoms with Gasteiger partial charge in [-0.15, -0.1) is 0 Å². The van der Waals surface area contributed by atoms with Crippen molar-refractivity contribution in [3.8, 4) is 0 Å². The van der Waals surface area contributed by atoms with E-state index < -0.39 is 12.0 Å². The maximum Gasteiger partial charge on any atom is 0.275 e. The van der Waals surface area contributed by atoms with E-state index in [1.54, 1.807) is 11.9 Å². The molecule has 0 amide bonds. The first-order valence-electron chi connectivity index (χ1n) is 8.36.